The number of hydrogen-bond donors (Lipinski definition) is 2. The summed E-state index contributed by atoms with van der Waals surface area (Å²) in [6.07, 6.45) is 0. The molecule has 0 bridgehead atoms. The van der Waals surface area contributed by atoms with Gasteiger partial charge in [-0.2, -0.15) is 0 Å². The van der Waals surface area contributed by atoms with E-state index in [1.165, 1.54) is 0 Å². The van der Waals surface area contributed by atoms with Gasteiger partial charge in [0.2, 0.25) is 0 Å². The molecular formula is C19H23ClN2O3Si. The van der Waals surface area contributed by atoms with Crippen molar-refractivity contribution in [2.45, 2.75) is 25.7 Å². The summed E-state index contributed by atoms with van der Waals surface area (Å²) in [6.45, 7) is 7.81. The molecule has 1 aliphatic heterocycles. The molecule has 1 aliphatic rings. The van der Waals surface area contributed by atoms with Crippen molar-refractivity contribution >= 4 is 42.6 Å². The molecule has 0 atom stereocenters. The van der Waals surface area contributed by atoms with E-state index in [2.05, 4.69) is 25.0 Å². The first kappa shape index (κ1) is 18.8. The van der Waals surface area contributed by atoms with Gasteiger partial charge in [0, 0.05) is 25.8 Å². The highest BCUT2D eigenvalue weighted by atomic mass is 35.5. The summed E-state index contributed by atoms with van der Waals surface area (Å²) < 4.78 is 5.93. The highest BCUT2D eigenvalue weighted by Gasteiger charge is 2.26. The van der Waals surface area contributed by atoms with Crippen molar-refractivity contribution < 1.29 is 14.6 Å². The third-order valence-corrected chi connectivity index (χ3v) is 6.17. The molecule has 0 aromatic heterocycles. The summed E-state index contributed by atoms with van der Waals surface area (Å²) in [7, 11) is -1.20. The van der Waals surface area contributed by atoms with Crippen LogP contribution in [-0.4, -0.2) is 32.4 Å². The number of carbonyl (C=O) groups is 1. The largest absolute Gasteiger partial charge is 0.508 e. The number of halogens is 1. The van der Waals surface area contributed by atoms with Crippen molar-refractivity contribution in [3.05, 3.63) is 47.0 Å². The summed E-state index contributed by atoms with van der Waals surface area (Å²) >= 11 is 6.18. The van der Waals surface area contributed by atoms with Gasteiger partial charge in [-0.1, -0.05) is 31.2 Å². The predicted octanol–water partition coefficient (Wildman–Crippen LogP) is 5.06. The van der Waals surface area contributed by atoms with E-state index in [9.17, 15) is 9.90 Å². The molecule has 2 N–H and O–H groups in total. The fourth-order valence-corrected chi connectivity index (χ4v) is 3.68. The van der Waals surface area contributed by atoms with Crippen LogP contribution in [0, 0.1) is 0 Å². The minimum atomic E-state index is -1.20. The lowest BCUT2D eigenvalue weighted by molar-refractivity contribution is 0.102. The Hall–Kier alpha value is -2.02. The molecule has 3 rings (SSSR count). The van der Waals surface area contributed by atoms with E-state index in [4.69, 9.17) is 16.3 Å². The minimum absolute atomic E-state index is 0.121. The predicted molar refractivity (Wildman–Crippen MR) is 109 cm³/mol. The standard InChI is InChI=1S/C19H23ClN2O3Si/c1-26(2,3)9-8-25-12-22-17-10-13(20)4-6-15(17)19(24)21-16-7-5-14(23)11-18(16)22/h4-7,10-11,23H,8-9,12H2,1-3H3,(H,21,24). The number of phenolic OH excluding ortho intramolecular Hbond substituents is 1. The van der Waals surface area contributed by atoms with Crippen LogP contribution in [0.15, 0.2) is 36.4 Å². The number of rotatable bonds is 5. The maximum Gasteiger partial charge on any atom is 0.257 e. The molecule has 7 heteroatoms. The van der Waals surface area contributed by atoms with Crippen LogP contribution in [-0.2, 0) is 4.74 Å². The highest BCUT2D eigenvalue weighted by Crippen LogP contribution is 2.40. The SMILES string of the molecule is C[Si](C)(C)CCOCN1c2cc(O)ccc2NC(=O)c2ccc(Cl)cc21. The van der Waals surface area contributed by atoms with Crippen LogP contribution in [0.5, 0.6) is 5.75 Å². The first-order valence-corrected chi connectivity index (χ1v) is 12.6. The van der Waals surface area contributed by atoms with Crippen molar-refractivity contribution in [2.75, 3.05) is 23.6 Å². The summed E-state index contributed by atoms with van der Waals surface area (Å²) in [5.41, 5.74) is 2.47. The number of phenols is 1. The van der Waals surface area contributed by atoms with Crippen molar-refractivity contribution in [1.82, 2.24) is 0 Å². The summed E-state index contributed by atoms with van der Waals surface area (Å²) in [5.74, 6) is -0.0937. The highest BCUT2D eigenvalue weighted by molar-refractivity contribution is 6.76. The van der Waals surface area contributed by atoms with E-state index in [0.29, 0.717) is 34.3 Å². The number of hydrogen-bond acceptors (Lipinski definition) is 4. The number of nitrogens with one attached hydrogen (secondary N) is 1. The molecule has 0 spiro atoms. The van der Waals surface area contributed by atoms with Gasteiger partial charge >= 0.3 is 0 Å². The van der Waals surface area contributed by atoms with Gasteiger partial charge in [0.1, 0.15) is 12.5 Å². The number of benzene rings is 2. The van der Waals surface area contributed by atoms with Gasteiger partial charge in [0.05, 0.1) is 22.6 Å². The van der Waals surface area contributed by atoms with Gasteiger partial charge in [-0.3, -0.25) is 4.79 Å². The Morgan fingerprint density at radius 1 is 1.15 bits per heavy atom. The second-order valence-corrected chi connectivity index (χ2v) is 13.7. The molecule has 26 heavy (non-hydrogen) atoms. The van der Waals surface area contributed by atoms with Crippen LogP contribution < -0.4 is 10.2 Å². The molecule has 0 fully saturated rings. The van der Waals surface area contributed by atoms with Gasteiger partial charge in [-0.25, -0.2) is 0 Å². The second kappa shape index (κ2) is 7.30. The van der Waals surface area contributed by atoms with E-state index < -0.39 is 8.07 Å². The maximum absolute atomic E-state index is 12.6. The van der Waals surface area contributed by atoms with Gasteiger partial charge in [-0.15, -0.1) is 0 Å². The zero-order valence-electron chi connectivity index (χ0n) is 15.2. The molecular weight excluding hydrogens is 368 g/mol. The molecule has 0 saturated carbocycles. The lowest BCUT2D eigenvalue weighted by Crippen LogP contribution is -2.26. The number of carbonyl (C=O) groups excluding carboxylic acids is 1. The van der Waals surface area contributed by atoms with E-state index in [0.717, 1.165) is 6.04 Å². The number of ether oxygens (including phenoxy) is 1. The Bertz CT molecular complexity index is 836. The second-order valence-electron chi connectivity index (χ2n) is 7.59. The first-order valence-electron chi connectivity index (χ1n) is 8.54. The molecule has 1 heterocycles. The molecule has 138 valence electrons. The molecule has 0 saturated heterocycles. The van der Waals surface area contributed by atoms with Crippen LogP contribution in [0.4, 0.5) is 17.1 Å². The molecule has 2 aromatic rings. The first-order chi connectivity index (χ1) is 12.2. The van der Waals surface area contributed by atoms with Crippen molar-refractivity contribution in [3.63, 3.8) is 0 Å². The number of amides is 1. The van der Waals surface area contributed by atoms with Gasteiger partial charge in [0.15, 0.2) is 0 Å². The zero-order chi connectivity index (χ0) is 18.9. The normalized spacial score (nSPS) is 13.7. The van der Waals surface area contributed by atoms with E-state index in [-0.39, 0.29) is 18.4 Å². The number of aromatic hydroxyl groups is 1. The van der Waals surface area contributed by atoms with E-state index in [1.54, 1.807) is 36.4 Å². The van der Waals surface area contributed by atoms with Crippen molar-refractivity contribution in [3.8, 4) is 5.75 Å². The molecule has 0 aliphatic carbocycles. The van der Waals surface area contributed by atoms with Crippen LogP contribution in [0.1, 0.15) is 10.4 Å². The Balaban J connectivity index is 1.97. The topological polar surface area (TPSA) is 61.8 Å². The zero-order valence-corrected chi connectivity index (χ0v) is 16.9. The number of anilines is 3. The Morgan fingerprint density at radius 3 is 2.65 bits per heavy atom. The molecule has 0 radical (unpaired) electrons. The molecule has 2 aromatic carbocycles. The van der Waals surface area contributed by atoms with Crippen molar-refractivity contribution in [2.24, 2.45) is 0 Å². The smallest absolute Gasteiger partial charge is 0.257 e. The van der Waals surface area contributed by atoms with E-state index >= 15 is 0 Å². The average molecular weight is 391 g/mol. The summed E-state index contributed by atoms with van der Waals surface area (Å²) in [4.78, 5) is 14.5. The monoisotopic (exact) mass is 390 g/mol. The molecule has 1 amide bonds. The quantitative estimate of drug-likeness (QED) is 0.425. The van der Waals surface area contributed by atoms with Crippen LogP contribution in [0.3, 0.4) is 0 Å². The number of nitrogens with zero attached hydrogens (tertiary/aromatic N) is 1. The Labute approximate surface area is 159 Å². The van der Waals surface area contributed by atoms with Gasteiger partial charge in [-0.05, 0) is 36.4 Å². The van der Waals surface area contributed by atoms with Crippen LogP contribution >= 0.6 is 11.6 Å². The Kier molecular flexibility index (Phi) is 5.27. The minimum Gasteiger partial charge on any atom is -0.508 e. The van der Waals surface area contributed by atoms with Crippen LogP contribution in [0.25, 0.3) is 0 Å². The summed E-state index contributed by atoms with van der Waals surface area (Å²) in [6, 6.07) is 11.0. The maximum atomic E-state index is 12.6. The lowest BCUT2D eigenvalue weighted by atomic mass is 10.1. The Morgan fingerprint density at radius 2 is 1.92 bits per heavy atom. The van der Waals surface area contributed by atoms with E-state index in [1.807, 2.05) is 4.90 Å². The summed E-state index contributed by atoms with van der Waals surface area (Å²) in [5, 5.41) is 13.4. The van der Waals surface area contributed by atoms with Crippen molar-refractivity contribution in [1.29, 1.82) is 0 Å². The fraction of sp³-hybridized carbons (Fsp3) is 0.316. The molecule has 0 unspecified atom stereocenters. The third-order valence-electron chi connectivity index (χ3n) is 4.23. The number of fused-ring (bicyclic) bond motifs is 2. The third kappa shape index (κ3) is 4.20. The lowest BCUT2D eigenvalue weighted by Gasteiger charge is -2.26. The molecule has 5 nitrogen and oxygen atoms in total. The fourth-order valence-electron chi connectivity index (χ4n) is 2.76. The van der Waals surface area contributed by atoms with Crippen LogP contribution in [0.2, 0.25) is 30.7 Å². The van der Waals surface area contributed by atoms with Gasteiger partial charge in [0.25, 0.3) is 5.91 Å². The average Bonchev–Trinajstić information content (AvgIpc) is 2.65. The van der Waals surface area contributed by atoms with Gasteiger partial charge < -0.3 is 20.1 Å².